The predicted octanol–water partition coefficient (Wildman–Crippen LogP) is 4.75. The summed E-state index contributed by atoms with van der Waals surface area (Å²) in [5.41, 5.74) is 0.740. The van der Waals surface area contributed by atoms with Gasteiger partial charge < -0.3 is 15.0 Å². The Bertz CT molecular complexity index is 1190. The molecule has 0 fully saturated rings. The van der Waals surface area contributed by atoms with Gasteiger partial charge in [-0.2, -0.15) is 0 Å². The number of hydrogen-bond acceptors (Lipinski definition) is 5. The molecule has 2 aromatic rings. The highest BCUT2D eigenvalue weighted by Crippen LogP contribution is 2.35. The van der Waals surface area contributed by atoms with E-state index in [1.54, 1.807) is 38.3 Å². The first-order chi connectivity index (χ1) is 16.8. The van der Waals surface area contributed by atoms with Crippen LogP contribution in [0.2, 0.25) is 15.1 Å². The van der Waals surface area contributed by atoms with E-state index in [1.165, 1.54) is 17.0 Å². The zero-order valence-electron chi connectivity index (χ0n) is 20.7. The molecule has 36 heavy (non-hydrogen) atoms. The summed E-state index contributed by atoms with van der Waals surface area (Å²) in [7, 11) is -2.43. The molecular formula is C24H30Cl3N3O5S. The average Bonchev–Trinajstić information content (AvgIpc) is 2.79. The van der Waals surface area contributed by atoms with E-state index in [1.807, 2.05) is 13.8 Å². The van der Waals surface area contributed by atoms with Crippen molar-refractivity contribution >= 4 is 62.3 Å². The van der Waals surface area contributed by atoms with E-state index in [9.17, 15) is 18.0 Å². The van der Waals surface area contributed by atoms with Crippen LogP contribution in [-0.4, -0.2) is 57.1 Å². The number of nitrogens with zero attached hydrogens (tertiary/aromatic N) is 2. The summed E-state index contributed by atoms with van der Waals surface area (Å²) >= 11 is 18.4. The summed E-state index contributed by atoms with van der Waals surface area (Å²) in [6.45, 7) is 4.89. The number of carbonyl (C=O) groups excluding carboxylic acids is 2. The molecule has 0 saturated heterocycles. The van der Waals surface area contributed by atoms with E-state index in [-0.39, 0.29) is 39.2 Å². The highest BCUT2D eigenvalue weighted by molar-refractivity contribution is 7.92. The Hall–Kier alpha value is -2.20. The molecule has 8 nitrogen and oxygen atoms in total. The Morgan fingerprint density at radius 3 is 2.11 bits per heavy atom. The van der Waals surface area contributed by atoms with Crippen molar-refractivity contribution in [1.82, 2.24) is 10.2 Å². The van der Waals surface area contributed by atoms with Gasteiger partial charge in [-0.3, -0.25) is 13.9 Å². The molecule has 0 heterocycles. The van der Waals surface area contributed by atoms with Crippen molar-refractivity contribution in [3.63, 3.8) is 0 Å². The van der Waals surface area contributed by atoms with E-state index in [0.29, 0.717) is 12.2 Å². The summed E-state index contributed by atoms with van der Waals surface area (Å²) in [6.07, 6.45) is 1.27. The monoisotopic (exact) mass is 577 g/mol. The smallest absolute Gasteiger partial charge is 0.244 e. The zero-order chi connectivity index (χ0) is 27.2. The van der Waals surface area contributed by atoms with Gasteiger partial charge in [0.25, 0.3) is 0 Å². The number of rotatable bonds is 11. The standard InChI is InChI=1S/C24H30Cl3N3O5S/c1-6-21(24(32)28-15(2)3)29(13-16-7-9-17(35-4)10-8-16)23(31)14-30(36(5,33)34)22-12-19(26)18(25)11-20(22)27/h7-12,15,21H,6,13-14H2,1-5H3,(H,28,32)/t21-/m1/s1. The van der Waals surface area contributed by atoms with Crippen molar-refractivity contribution < 1.29 is 22.7 Å². The fourth-order valence-corrected chi connectivity index (χ4v) is 5.07. The molecule has 12 heteroatoms. The Morgan fingerprint density at radius 2 is 1.61 bits per heavy atom. The van der Waals surface area contributed by atoms with Gasteiger partial charge in [-0.25, -0.2) is 8.42 Å². The summed E-state index contributed by atoms with van der Waals surface area (Å²) in [6, 6.07) is 8.64. The third-order valence-electron chi connectivity index (χ3n) is 5.27. The molecule has 0 saturated carbocycles. The van der Waals surface area contributed by atoms with Crippen LogP contribution in [0.15, 0.2) is 36.4 Å². The summed E-state index contributed by atoms with van der Waals surface area (Å²) in [5.74, 6) is -0.296. The number of halogens is 3. The Kier molecular flexibility index (Phi) is 10.7. The van der Waals surface area contributed by atoms with Crippen molar-refractivity contribution in [3.05, 3.63) is 57.0 Å². The van der Waals surface area contributed by atoms with E-state index in [0.717, 1.165) is 16.1 Å². The van der Waals surface area contributed by atoms with Gasteiger partial charge in [0.2, 0.25) is 21.8 Å². The number of amides is 2. The first-order valence-corrected chi connectivity index (χ1v) is 14.1. The number of benzene rings is 2. The Labute approximate surface area is 227 Å². The van der Waals surface area contributed by atoms with Crippen LogP contribution < -0.4 is 14.4 Å². The highest BCUT2D eigenvalue weighted by Gasteiger charge is 2.32. The van der Waals surface area contributed by atoms with Crippen LogP contribution >= 0.6 is 34.8 Å². The lowest BCUT2D eigenvalue weighted by atomic mass is 10.1. The average molecular weight is 579 g/mol. The molecule has 2 amide bonds. The number of methoxy groups -OCH3 is 1. The third kappa shape index (κ3) is 7.90. The minimum absolute atomic E-state index is 0.00555. The quantitative estimate of drug-likeness (QED) is 0.388. The van der Waals surface area contributed by atoms with Crippen LogP contribution in [0, 0.1) is 0 Å². The number of ether oxygens (including phenoxy) is 1. The first-order valence-electron chi connectivity index (χ1n) is 11.1. The summed E-state index contributed by atoms with van der Waals surface area (Å²) in [4.78, 5) is 28.0. The fraction of sp³-hybridized carbons (Fsp3) is 0.417. The van der Waals surface area contributed by atoms with Crippen molar-refractivity contribution in [3.8, 4) is 5.75 Å². The molecule has 1 N–H and O–H groups in total. The normalized spacial score (nSPS) is 12.2. The lowest BCUT2D eigenvalue weighted by Gasteiger charge is -2.33. The largest absolute Gasteiger partial charge is 0.497 e. The topological polar surface area (TPSA) is 96.0 Å². The molecule has 0 aliphatic rings. The second-order valence-electron chi connectivity index (χ2n) is 8.44. The van der Waals surface area contributed by atoms with Gasteiger partial charge in [0.05, 0.1) is 34.1 Å². The molecule has 1 atom stereocenters. The van der Waals surface area contributed by atoms with Gasteiger partial charge in [-0.1, -0.05) is 53.9 Å². The van der Waals surface area contributed by atoms with Crippen molar-refractivity contribution in [2.75, 3.05) is 24.2 Å². The van der Waals surface area contributed by atoms with E-state index >= 15 is 0 Å². The van der Waals surface area contributed by atoms with Crippen LogP contribution in [0.25, 0.3) is 0 Å². The van der Waals surface area contributed by atoms with Gasteiger partial charge in [0.15, 0.2) is 0 Å². The molecule has 0 unspecified atom stereocenters. The maximum atomic E-state index is 13.7. The minimum atomic E-state index is -3.97. The number of carbonyl (C=O) groups is 2. The predicted molar refractivity (Wildman–Crippen MR) is 145 cm³/mol. The summed E-state index contributed by atoms with van der Waals surface area (Å²) < 4.78 is 31.5. The van der Waals surface area contributed by atoms with Gasteiger partial charge >= 0.3 is 0 Å². The number of sulfonamides is 1. The lowest BCUT2D eigenvalue weighted by molar-refractivity contribution is -0.140. The summed E-state index contributed by atoms with van der Waals surface area (Å²) in [5, 5.41) is 3.06. The zero-order valence-corrected chi connectivity index (χ0v) is 23.8. The first kappa shape index (κ1) is 30.0. The third-order valence-corrected chi connectivity index (χ3v) is 7.42. The molecule has 2 aromatic carbocycles. The Morgan fingerprint density at radius 1 is 1.03 bits per heavy atom. The highest BCUT2D eigenvalue weighted by atomic mass is 35.5. The lowest BCUT2D eigenvalue weighted by Crippen LogP contribution is -2.53. The number of hydrogen-bond donors (Lipinski definition) is 1. The molecule has 0 aliphatic carbocycles. The molecule has 2 rings (SSSR count). The molecule has 0 spiro atoms. The van der Waals surface area contributed by atoms with Crippen molar-refractivity contribution in [2.24, 2.45) is 0 Å². The molecule has 0 aliphatic heterocycles. The SMILES string of the molecule is CC[C@H](C(=O)NC(C)C)N(Cc1ccc(OC)cc1)C(=O)CN(c1cc(Cl)c(Cl)cc1Cl)S(C)(=O)=O. The van der Waals surface area contributed by atoms with Crippen molar-refractivity contribution in [2.45, 2.75) is 45.8 Å². The number of anilines is 1. The van der Waals surface area contributed by atoms with E-state index in [2.05, 4.69) is 5.32 Å². The van der Waals surface area contributed by atoms with Gasteiger partial charge in [0, 0.05) is 12.6 Å². The van der Waals surface area contributed by atoms with Gasteiger partial charge in [-0.05, 0) is 50.1 Å². The van der Waals surface area contributed by atoms with Gasteiger partial charge in [-0.15, -0.1) is 0 Å². The number of nitrogens with one attached hydrogen (secondary N) is 1. The van der Waals surface area contributed by atoms with E-state index in [4.69, 9.17) is 39.5 Å². The van der Waals surface area contributed by atoms with Crippen LogP contribution in [0.1, 0.15) is 32.8 Å². The second kappa shape index (κ2) is 12.9. The fourth-order valence-electron chi connectivity index (χ4n) is 3.53. The maximum Gasteiger partial charge on any atom is 0.244 e. The van der Waals surface area contributed by atoms with Crippen molar-refractivity contribution in [1.29, 1.82) is 0 Å². The second-order valence-corrected chi connectivity index (χ2v) is 11.6. The molecule has 198 valence electrons. The molecule has 0 radical (unpaired) electrons. The van der Waals surface area contributed by atoms with Gasteiger partial charge in [0.1, 0.15) is 18.3 Å². The Balaban J connectivity index is 2.50. The van der Waals surface area contributed by atoms with Crippen LogP contribution in [0.4, 0.5) is 5.69 Å². The van der Waals surface area contributed by atoms with Crippen LogP contribution in [0.5, 0.6) is 5.75 Å². The minimum Gasteiger partial charge on any atom is -0.497 e. The molecular weight excluding hydrogens is 549 g/mol. The van der Waals surface area contributed by atoms with Crippen LogP contribution in [-0.2, 0) is 26.2 Å². The molecule has 0 bridgehead atoms. The van der Waals surface area contributed by atoms with Crippen LogP contribution in [0.3, 0.4) is 0 Å². The maximum absolute atomic E-state index is 13.7. The van der Waals surface area contributed by atoms with E-state index < -0.39 is 28.5 Å². The molecule has 0 aromatic heterocycles.